The first-order valence-corrected chi connectivity index (χ1v) is 6.16. The Hall–Kier alpha value is -0.730. The average Bonchev–Trinajstić information content (AvgIpc) is 2.44. The van der Waals surface area contributed by atoms with Crippen molar-refractivity contribution < 1.29 is 0 Å². The van der Waals surface area contributed by atoms with E-state index < -0.39 is 0 Å². The first-order valence-electron chi connectivity index (χ1n) is 6.16. The van der Waals surface area contributed by atoms with Crippen LogP contribution in [0.25, 0.3) is 0 Å². The summed E-state index contributed by atoms with van der Waals surface area (Å²) in [5.41, 5.74) is 6.20. The van der Waals surface area contributed by atoms with Crippen LogP contribution in [-0.4, -0.2) is 29.0 Å². The van der Waals surface area contributed by atoms with E-state index in [1.807, 2.05) is 0 Å². The van der Waals surface area contributed by atoms with E-state index in [4.69, 9.17) is 5.73 Å². The maximum Gasteiger partial charge on any atom is 0.192 e. The molecule has 0 fully saturated rings. The van der Waals surface area contributed by atoms with Crippen molar-refractivity contribution in [2.75, 3.05) is 6.54 Å². The van der Waals surface area contributed by atoms with Gasteiger partial charge < -0.3 is 10.6 Å². The van der Waals surface area contributed by atoms with Crippen LogP contribution in [0.1, 0.15) is 53.4 Å². The predicted molar refractivity (Wildman–Crippen MR) is 66.0 cm³/mol. The van der Waals surface area contributed by atoms with Crippen molar-refractivity contribution in [1.82, 2.24) is 4.90 Å². The average molecular weight is 211 g/mol. The molecule has 0 amide bonds. The van der Waals surface area contributed by atoms with E-state index in [1.165, 1.54) is 25.7 Å². The maximum absolute atomic E-state index is 5.99. The van der Waals surface area contributed by atoms with Crippen LogP contribution in [-0.2, 0) is 0 Å². The monoisotopic (exact) mass is 211 g/mol. The number of guanidine groups is 1. The molecular formula is C12H25N3. The van der Waals surface area contributed by atoms with Crippen molar-refractivity contribution in [2.24, 2.45) is 10.7 Å². The van der Waals surface area contributed by atoms with Crippen LogP contribution in [0.5, 0.6) is 0 Å². The Morgan fingerprint density at radius 2 is 1.87 bits per heavy atom. The van der Waals surface area contributed by atoms with Crippen molar-refractivity contribution in [1.29, 1.82) is 0 Å². The van der Waals surface area contributed by atoms with Gasteiger partial charge in [0.2, 0.25) is 0 Å². The normalized spacial score (nSPS) is 19.8. The third-order valence-corrected chi connectivity index (χ3v) is 3.24. The molecule has 0 saturated heterocycles. The van der Waals surface area contributed by atoms with Crippen LogP contribution < -0.4 is 5.73 Å². The number of hydrogen-bond acceptors (Lipinski definition) is 3. The first-order chi connectivity index (χ1) is 7.07. The minimum atomic E-state index is 0.210. The van der Waals surface area contributed by atoms with Crippen molar-refractivity contribution in [3.8, 4) is 0 Å². The number of hydrogen-bond donors (Lipinski definition) is 1. The molecule has 3 nitrogen and oxygen atoms in total. The summed E-state index contributed by atoms with van der Waals surface area (Å²) in [4.78, 5) is 6.78. The summed E-state index contributed by atoms with van der Waals surface area (Å²) in [6, 6.07) is 0.453. The van der Waals surface area contributed by atoms with E-state index in [9.17, 15) is 0 Å². The molecule has 2 N–H and O–H groups in total. The largest absolute Gasteiger partial charge is 0.370 e. The predicted octanol–water partition coefficient (Wildman–Crippen LogP) is 2.36. The van der Waals surface area contributed by atoms with Gasteiger partial charge in [0, 0.05) is 6.04 Å². The quantitative estimate of drug-likeness (QED) is 0.758. The molecule has 0 bridgehead atoms. The molecule has 0 atom stereocenters. The third-order valence-electron chi connectivity index (χ3n) is 3.24. The molecular weight excluding hydrogens is 186 g/mol. The summed E-state index contributed by atoms with van der Waals surface area (Å²) in [5.74, 6) is 0.743. The lowest BCUT2D eigenvalue weighted by atomic mass is 9.87. The number of rotatable bonds is 5. The van der Waals surface area contributed by atoms with E-state index in [1.54, 1.807) is 0 Å². The summed E-state index contributed by atoms with van der Waals surface area (Å²) in [5, 5.41) is 0. The van der Waals surface area contributed by atoms with Gasteiger partial charge in [0.25, 0.3) is 0 Å². The molecule has 0 spiro atoms. The lowest BCUT2D eigenvalue weighted by Gasteiger charge is -2.42. The highest BCUT2D eigenvalue weighted by atomic mass is 15.4. The summed E-state index contributed by atoms with van der Waals surface area (Å²) < 4.78 is 0. The van der Waals surface area contributed by atoms with Crippen LogP contribution in [0.15, 0.2) is 4.99 Å². The highest BCUT2D eigenvalue weighted by molar-refractivity contribution is 5.81. The zero-order chi connectivity index (χ0) is 11.5. The second-order valence-electron chi connectivity index (χ2n) is 4.86. The molecule has 0 unspecified atom stereocenters. The molecule has 1 heterocycles. The van der Waals surface area contributed by atoms with Gasteiger partial charge in [-0.3, -0.25) is 4.99 Å². The molecule has 15 heavy (non-hydrogen) atoms. The van der Waals surface area contributed by atoms with Crippen LogP contribution in [0.2, 0.25) is 0 Å². The Bertz CT molecular complexity index is 227. The molecule has 1 rings (SSSR count). The molecule has 0 aromatic rings. The SMILES string of the molecule is CCCC1(CCC)CN=C(N)N1C(C)C. The lowest BCUT2D eigenvalue weighted by molar-refractivity contribution is 0.139. The van der Waals surface area contributed by atoms with Gasteiger partial charge in [-0.1, -0.05) is 26.7 Å². The van der Waals surface area contributed by atoms with Gasteiger partial charge in [-0.2, -0.15) is 0 Å². The Morgan fingerprint density at radius 3 is 2.27 bits per heavy atom. The van der Waals surface area contributed by atoms with E-state index >= 15 is 0 Å². The Labute approximate surface area is 93.7 Å². The summed E-state index contributed by atoms with van der Waals surface area (Å²) in [6.45, 7) is 9.77. The molecule has 1 aliphatic rings. The van der Waals surface area contributed by atoms with Gasteiger partial charge >= 0.3 is 0 Å². The van der Waals surface area contributed by atoms with Gasteiger partial charge in [0.05, 0.1) is 12.1 Å². The molecule has 88 valence electrons. The van der Waals surface area contributed by atoms with Crippen molar-refractivity contribution >= 4 is 5.96 Å². The van der Waals surface area contributed by atoms with Gasteiger partial charge in [-0.15, -0.1) is 0 Å². The Balaban J connectivity index is 2.88. The number of nitrogens with zero attached hydrogens (tertiary/aromatic N) is 2. The van der Waals surface area contributed by atoms with Gasteiger partial charge in [0.15, 0.2) is 5.96 Å². The molecule has 0 radical (unpaired) electrons. The van der Waals surface area contributed by atoms with Gasteiger partial charge in [0.1, 0.15) is 0 Å². The van der Waals surface area contributed by atoms with E-state index in [0.29, 0.717) is 6.04 Å². The molecule has 1 aliphatic heterocycles. The Kier molecular flexibility index (Phi) is 4.00. The fourth-order valence-electron chi connectivity index (χ4n) is 2.89. The fourth-order valence-corrected chi connectivity index (χ4v) is 2.89. The van der Waals surface area contributed by atoms with Crippen molar-refractivity contribution in [3.05, 3.63) is 0 Å². The van der Waals surface area contributed by atoms with Gasteiger partial charge in [-0.05, 0) is 26.7 Å². The minimum Gasteiger partial charge on any atom is -0.370 e. The maximum atomic E-state index is 5.99. The van der Waals surface area contributed by atoms with Gasteiger partial charge in [-0.25, -0.2) is 0 Å². The number of nitrogens with two attached hydrogens (primary N) is 1. The molecule has 3 heteroatoms. The fraction of sp³-hybridized carbons (Fsp3) is 0.917. The number of aliphatic imine (C=N–C) groups is 1. The molecule has 0 aromatic heterocycles. The second kappa shape index (κ2) is 4.86. The Morgan fingerprint density at radius 1 is 1.33 bits per heavy atom. The smallest absolute Gasteiger partial charge is 0.192 e. The van der Waals surface area contributed by atoms with E-state index in [2.05, 4.69) is 37.6 Å². The lowest BCUT2D eigenvalue weighted by Crippen LogP contribution is -2.54. The summed E-state index contributed by atoms with van der Waals surface area (Å²) in [7, 11) is 0. The molecule has 0 saturated carbocycles. The molecule has 0 aliphatic carbocycles. The van der Waals surface area contributed by atoms with E-state index in [0.717, 1.165) is 12.5 Å². The van der Waals surface area contributed by atoms with Crippen LogP contribution >= 0.6 is 0 Å². The standard InChI is InChI=1S/C12H25N3/c1-5-7-12(8-6-2)9-14-11(13)15(12)10(3)4/h10H,5-9H2,1-4H3,(H2,13,14). The second-order valence-corrected chi connectivity index (χ2v) is 4.86. The topological polar surface area (TPSA) is 41.6 Å². The molecule has 0 aromatic carbocycles. The highest BCUT2D eigenvalue weighted by Gasteiger charge is 2.41. The van der Waals surface area contributed by atoms with E-state index in [-0.39, 0.29) is 5.54 Å². The summed E-state index contributed by atoms with van der Waals surface area (Å²) >= 11 is 0. The third kappa shape index (κ3) is 2.27. The summed E-state index contributed by atoms with van der Waals surface area (Å²) in [6.07, 6.45) is 4.80. The minimum absolute atomic E-state index is 0.210. The van der Waals surface area contributed by atoms with Crippen LogP contribution in [0.3, 0.4) is 0 Å². The highest BCUT2D eigenvalue weighted by Crippen LogP contribution is 2.33. The van der Waals surface area contributed by atoms with Crippen molar-refractivity contribution in [3.63, 3.8) is 0 Å². The zero-order valence-electron chi connectivity index (χ0n) is 10.6. The van der Waals surface area contributed by atoms with Crippen LogP contribution in [0, 0.1) is 0 Å². The van der Waals surface area contributed by atoms with Crippen LogP contribution in [0.4, 0.5) is 0 Å². The van der Waals surface area contributed by atoms with Crippen molar-refractivity contribution in [2.45, 2.75) is 65.0 Å². The zero-order valence-corrected chi connectivity index (χ0v) is 10.6. The first kappa shape index (κ1) is 12.3.